The third-order valence-electron chi connectivity index (χ3n) is 3.18. The highest BCUT2D eigenvalue weighted by Gasteiger charge is 2.33. The number of hydrogen-bond donors (Lipinski definition) is 1. The second-order valence-electron chi connectivity index (χ2n) is 4.62. The Morgan fingerprint density at radius 3 is 2.95 bits per heavy atom. The van der Waals surface area contributed by atoms with E-state index in [-0.39, 0.29) is 11.9 Å². The summed E-state index contributed by atoms with van der Waals surface area (Å²) in [7, 11) is 0. The molecule has 0 radical (unpaired) electrons. The maximum absolute atomic E-state index is 12.0. The zero-order valence-electron chi connectivity index (χ0n) is 10.4. The molecule has 7 nitrogen and oxygen atoms in total. The molecule has 96 valence electrons. The molecule has 1 fully saturated rings. The van der Waals surface area contributed by atoms with Crippen LogP contribution in [-0.4, -0.2) is 43.9 Å². The highest BCUT2D eigenvalue weighted by Crippen LogP contribution is 2.22. The number of carbonyl (C=O) groups is 1. The molecule has 0 unspecified atom stereocenters. The van der Waals surface area contributed by atoms with Crippen molar-refractivity contribution in [2.24, 2.45) is 0 Å². The van der Waals surface area contributed by atoms with E-state index in [4.69, 9.17) is 5.26 Å². The van der Waals surface area contributed by atoms with Gasteiger partial charge in [0.05, 0.1) is 17.8 Å². The van der Waals surface area contributed by atoms with Crippen molar-refractivity contribution < 1.29 is 4.79 Å². The summed E-state index contributed by atoms with van der Waals surface area (Å²) in [5, 5.41) is 19.6. The first kappa shape index (κ1) is 11.5. The second kappa shape index (κ2) is 4.24. The fraction of sp³-hybridized carbons (Fsp3) is 0.333. The van der Waals surface area contributed by atoms with E-state index in [1.807, 2.05) is 13.0 Å². The SMILES string of the molecule is Cc1cc(C(=O)N2CC(n3cc(C#N)cn3)C2)n[nH]1. The summed E-state index contributed by atoms with van der Waals surface area (Å²) < 4.78 is 1.73. The second-order valence-corrected chi connectivity index (χ2v) is 4.62. The molecule has 1 aliphatic heterocycles. The van der Waals surface area contributed by atoms with Crippen molar-refractivity contribution in [3.05, 3.63) is 35.4 Å². The maximum atomic E-state index is 12.0. The molecule has 3 rings (SSSR count). The van der Waals surface area contributed by atoms with Gasteiger partial charge in [0.2, 0.25) is 0 Å². The van der Waals surface area contributed by atoms with Crippen LogP contribution in [-0.2, 0) is 0 Å². The summed E-state index contributed by atoms with van der Waals surface area (Å²) in [6.45, 7) is 3.05. The molecule has 0 bridgehead atoms. The Balaban J connectivity index is 1.64. The Hall–Kier alpha value is -2.62. The Morgan fingerprint density at radius 2 is 2.37 bits per heavy atom. The first-order chi connectivity index (χ1) is 9.17. The highest BCUT2D eigenvalue weighted by molar-refractivity contribution is 5.92. The van der Waals surface area contributed by atoms with E-state index in [0.717, 1.165) is 5.69 Å². The molecule has 0 atom stereocenters. The molecule has 1 aliphatic rings. The minimum atomic E-state index is -0.0757. The van der Waals surface area contributed by atoms with Crippen LogP contribution in [0, 0.1) is 18.3 Å². The van der Waals surface area contributed by atoms with Gasteiger partial charge in [-0.2, -0.15) is 15.5 Å². The predicted octanol–water partition coefficient (Wildman–Crippen LogP) is 0.483. The molecule has 0 aliphatic carbocycles. The van der Waals surface area contributed by atoms with Gasteiger partial charge >= 0.3 is 0 Å². The van der Waals surface area contributed by atoms with E-state index in [2.05, 4.69) is 15.3 Å². The first-order valence-corrected chi connectivity index (χ1v) is 5.93. The number of nitriles is 1. The summed E-state index contributed by atoms with van der Waals surface area (Å²) in [4.78, 5) is 13.8. The fourth-order valence-corrected chi connectivity index (χ4v) is 2.07. The average Bonchev–Trinajstić information content (AvgIpc) is 2.96. The van der Waals surface area contributed by atoms with Crippen LogP contribution in [0.4, 0.5) is 0 Å². The normalized spacial score (nSPS) is 15.1. The molecule has 3 heterocycles. The topological polar surface area (TPSA) is 90.6 Å². The van der Waals surface area contributed by atoms with Gasteiger partial charge in [-0.05, 0) is 13.0 Å². The van der Waals surface area contributed by atoms with E-state index < -0.39 is 0 Å². The van der Waals surface area contributed by atoms with Crippen LogP contribution in [0.3, 0.4) is 0 Å². The smallest absolute Gasteiger partial charge is 0.274 e. The molecular weight excluding hydrogens is 244 g/mol. The number of nitrogens with zero attached hydrogens (tertiary/aromatic N) is 5. The van der Waals surface area contributed by atoms with Gasteiger partial charge in [-0.1, -0.05) is 0 Å². The molecule has 7 heteroatoms. The summed E-state index contributed by atoms with van der Waals surface area (Å²) in [5.41, 5.74) is 1.84. The molecule has 19 heavy (non-hydrogen) atoms. The summed E-state index contributed by atoms with van der Waals surface area (Å²) in [5.74, 6) is -0.0757. The lowest BCUT2D eigenvalue weighted by Crippen LogP contribution is -2.51. The van der Waals surface area contributed by atoms with Gasteiger partial charge in [0.25, 0.3) is 5.91 Å². The monoisotopic (exact) mass is 256 g/mol. The van der Waals surface area contributed by atoms with Crippen molar-refractivity contribution in [3.8, 4) is 6.07 Å². The third-order valence-corrected chi connectivity index (χ3v) is 3.18. The molecule has 2 aromatic heterocycles. The van der Waals surface area contributed by atoms with Crippen molar-refractivity contribution in [3.63, 3.8) is 0 Å². The number of aryl methyl sites for hydroxylation is 1. The zero-order valence-corrected chi connectivity index (χ0v) is 10.4. The summed E-state index contributed by atoms with van der Waals surface area (Å²) >= 11 is 0. The van der Waals surface area contributed by atoms with E-state index in [0.29, 0.717) is 24.3 Å². The number of likely N-dealkylation sites (tertiary alicyclic amines) is 1. The van der Waals surface area contributed by atoms with Crippen LogP contribution >= 0.6 is 0 Å². The Kier molecular flexibility index (Phi) is 2.56. The fourth-order valence-electron chi connectivity index (χ4n) is 2.07. The van der Waals surface area contributed by atoms with Gasteiger partial charge in [0.15, 0.2) is 0 Å². The molecule has 0 saturated carbocycles. The van der Waals surface area contributed by atoms with Gasteiger partial charge in [0.1, 0.15) is 11.8 Å². The highest BCUT2D eigenvalue weighted by atomic mass is 16.2. The Bertz CT molecular complexity index is 658. The van der Waals surface area contributed by atoms with Crippen LogP contribution < -0.4 is 0 Å². The average molecular weight is 256 g/mol. The van der Waals surface area contributed by atoms with E-state index in [1.54, 1.807) is 21.8 Å². The minimum Gasteiger partial charge on any atom is -0.333 e. The molecule has 0 aromatic carbocycles. The molecule has 1 saturated heterocycles. The van der Waals surface area contributed by atoms with Crippen molar-refractivity contribution in [2.75, 3.05) is 13.1 Å². The van der Waals surface area contributed by atoms with Crippen molar-refractivity contribution in [1.29, 1.82) is 5.26 Å². The van der Waals surface area contributed by atoms with Gasteiger partial charge in [-0.25, -0.2) is 0 Å². The lowest BCUT2D eigenvalue weighted by atomic mass is 10.1. The predicted molar refractivity (Wildman–Crippen MR) is 65.2 cm³/mol. The third kappa shape index (κ3) is 1.97. The number of aromatic amines is 1. The number of nitrogens with one attached hydrogen (secondary N) is 1. The number of H-pyrrole nitrogens is 1. The maximum Gasteiger partial charge on any atom is 0.274 e. The van der Waals surface area contributed by atoms with Crippen LogP contribution in [0.15, 0.2) is 18.5 Å². The molecule has 2 aromatic rings. The minimum absolute atomic E-state index is 0.0757. The number of carbonyl (C=O) groups excluding carboxylic acids is 1. The molecule has 1 amide bonds. The van der Waals surface area contributed by atoms with Crippen LogP contribution in [0.25, 0.3) is 0 Å². The van der Waals surface area contributed by atoms with Crippen LogP contribution in [0.5, 0.6) is 0 Å². The van der Waals surface area contributed by atoms with Crippen molar-refractivity contribution >= 4 is 5.91 Å². The van der Waals surface area contributed by atoms with E-state index in [1.165, 1.54) is 6.20 Å². The number of aromatic nitrogens is 4. The van der Waals surface area contributed by atoms with Crippen LogP contribution in [0.1, 0.15) is 27.8 Å². The van der Waals surface area contributed by atoms with Crippen LogP contribution in [0.2, 0.25) is 0 Å². The van der Waals surface area contributed by atoms with E-state index in [9.17, 15) is 4.79 Å². The first-order valence-electron chi connectivity index (χ1n) is 5.93. The Labute approximate surface area is 109 Å². The molecule has 0 spiro atoms. The standard InChI is InChI=1S/C12H12N6O/c1-8-2-11(16-15-8)12(19)17-6-10(7-17)18-5-9(3-13)4-14-18/h2,4-5,10H,6-7H2,1H3,(H,15,16). The zero-order chi connectivity index (χ0) is 13.4. The van der Waals surface area contributed by atoms with Gasteiger partial charge in [-0.15, -0.1) is 0 Å². The molecular formula is C12H12N6O. The quantitative estimate of drug-likeness (QED) is 0.846. The van der Waals surface area contributed by atoms with Gasteiger partial charge in [-0.3, -0.25) is 14.6 Å². The Morgan fingerprint density at radius 1 is 1.58 bits per heavy atom. The summed E-state index contributed by atoms with van der Waals surface area (Å²) in [6.07, 6.45) is 3.23. The lowest BCUT2D eigenvalue weighted by molar-refractivity contribution is 0.0495. The number of amides is 1. The number of hydrogen-bond acceptors (Lipinski definition) is 4. The van der Waals surface area contributed by atoms with Gasteiger partial charge < -0.3 is 4.90 Å². The van der Waals surface area contributed by atoms with Crippen molar-refractivity contribution in [1.82, 2.24) is 24.9 Å². The number of rotatable bonds is 2. The summed E-state index contributed by atoms with van der Waals surface area (Å²) in [6, 6.07) is 3.91. The van der Waals surface area contributed by atoms with E-state index >= 15 is 0 Å². The lowest BCUT2D eigenvalue weighted by Gasteiger charge is -2.38. The van der Waals surface area contributed by atoms with Crippen molar-refractivity contribution in [2.45, 2.75) is 13.0 Å². The largest absolute Gasteiger partial charge is 0.333 e. The molecule has 1 N–H and O–H groups in total. The van der Waals surface area contributed by atoms with Gasteiger partial charge in [0, 0.05) is 25.0 Å².